The molecule has 1 aliphatic carbocycles. The van der Waals surface area contributed by atoms with Crippen LogP contribution in [0.4, 0.5) is 0 Å². The number of carbonyl (C=O) groups is 4. The highest BCUT2D eigenvalue weighted by Crippen LogP contribution is 2.39. The number of aromatic hydroxyl groups is 1. The molecule has 1 unspecified atom stereocenters. The summed E-state index contributed by atoms with van der Waals surface area (Å²) in [6.45, 7) is 7.17. The van der Waals surface area contributed by atoms with Gasteiger partial charge in [-0.2, -0.15) is 0 Å². The topological polar surface area (TPSA) is 171 Å². The molecule has 1 aromatic rings. The van der Waals surface area contributed by atoms with Crippen molar-refractivity contribution < 1.29 is 29.4 Å². The van der Waals surface area contributed by atoms with E-state index in [1.165, 1.54) is 21.6 Å². The summed E-state index contributed by atoms with van der Waals surface area (Å²) in [5.41, 5.74) is 8.73. The number of hydrogen-bond donors (Lipinski definition) is 6. The monoisotopic (exact) mass is 604 g/mol. The summed E-state index contributed by atoms with van der Waals surface area (Å²) >= 11 is 0. The maximum Gasteiger partial charge on any atom is 0.327 e. The first-order valence-electron chi connectivity index (χ1n) is 13.6. The van der Waals surface area contributed by atoms with Gasteiger partial charge in [0.05, 0.1) is 10.8 Å². The van der Waals surface area contributed by atoms with Crippen LogP contribution in [0.2, 0.25) is 0 Å². The molecule has 12 heteroatoms. The first-order chi connectivity index (χ1) is 19.3. The number of carboxylic acid groups (broad SMARTS) is 1. The van der Waals surface area contributed by atoms with Crippen LogP contribution in [0, 0.1) is 19.8 Å². The molecule has 41 heavy (non-hydrogen) atoms. The van der Waals surface area contributed by atoms with Crippen molar-refractivity contribution in [3.05, 3.63) is 53.1 Å². The number of carbonyl (C=O) groups excluding carboxylic acids is 3. The average Bonchev–Trinajstić information content (AvgIpc) is 2.89. The molecule has 1 aromatic carbocycles. The van der Waals surface area contributed by atoms with Crippen molar-refractivity contribution in [2.24, 2.45) is 11.7 Å². The summed E-state index contributed by atoms with van der Waals surface area (Å²) < 4.78 is -0.853. The van der Waals surface area contributed by atoms with E-state index in [9.17, 15) is 29.4 Å². The molecule has 5 atom stereocenters. The van der Waals surface area contributed by atoms with Gasteiger partial charge in [0, 0.05) is 5.75 Å². The zero-order valence-electron chi connectivity index (χ0n) is 23.8. The number of allylic oxidation sites excluding steroid dienone is 4. The molecule has 7 N–H and O–H groups in total. The fourth-order valence-corrected chi connectivity index (χ4v) is 7.66. The van der Waals surface area contributed by atoms with Crippen molar-refractivity contribution in [3.8, 4) is 5.75 Å². The summed E-state index contributed by atoms with van der Waals surface area (Å²) in [5.74, 6) is -2.23. The van der Waals surface area contributed by atoms with Crippen LogP contribution in [0.15, 0.2) is 36.4 Å². The predicted molar refractivity (Wildman–Crippen MR) is 162 cm³/mol. The number of aryl methyl sites for hydroxylation is 2. The maximum atomic E-state index is 13.5. The van der Waals surface area contributed by atoms with Crippen molar-refractivity contribution in [1.82, 2.24) is 16.0 Å². The number of nitrogens with one attached hydrogen (secondary N) is 3. The van der Waals surface area contributed by atoms with E-state index in [2.05, 4.69) is 16.0 Å². The normalized spacial score (nSPS) is 25.7. The Balaban J connectivity index is 1.81. The lowest BCUT2D eigenvalue weighted by molar-refractivity contribution is -0.143. The Morgan fingerprint density at radius 1 is 1.15 bits per heavy atom. The lowest BCUT2D eigenvalue weighted by Gasteiger charge is -2.34. The van der Waals surface area contributed by atoms with Gasteiger partial charge in [-0.25, -0.2) is 4.79 Å². The number of phenolic OH excluding ortho intramolecular Hbond substituents is 1. The Kier molecular flexibility index (Phi) is 11.3. The van der Waals surface area contributed by atoms with E-state index in [0.717, 1.165) is 16.7 Å². The lowest BCUT2D eigenvalue weighted by atomic mass is 9.92. The van der Waals surface area contributed by atoms with E-state index in [1.807, 2.05) is 38.2 Å². The lowest BCUT2D eigenvalue weighted by Crippen LogP contribution is -2.60. The van der Waals surface area contributed by atoms with Gasteiger partial charge in [-0.3, -0.25) is 14.4 Å². The van der Waals surface area contributed by atoms with Crippen LogP contribution in [-0.4, -0.2) is 68.6 Å². The fourth-order valence-electron chi connectivity index (χ4n) is 4.95. The van der Waals surface area contributed by atoms with Gasteiger partial charge in [0.15, 0.2) is 0 Å². The van der Waals surface area contributed by atoms with Gasteiger partial charge in [-0.05, 0) is 88.1 Å². The summed E-state index contributed by atoms with van der Waals surface area (Å²) in [5, 5.41) is 27.9. The summed E-state index contributed by atoms with van der Waals surface area (Å²) in [7, 11) is 2.69. The number of benzene rings is 1. The summed E-state index contributed by atoms with van der Waals surface area (Å²) in [6.07, 6.45) is 9.14. The van der Waals surface area contributed by atoms with E-state index in [4.69, 9.17) is 5.73 Å². The second-order valence-electron chi connectivity index (χ2n) is 11.1. The third-order valence-corrected chi connectivity index (χ3v) is 10.6. The Morgan fingerprint density at radius 3 is 2.44 bits per heavy atom. The van der Waals surface area contributed by atoms with Crippen molar-refractivity contribution in [3.63, 3.8) is 0 Å². The van der Waals surface area contributed by atoms with Crippen molar-refractivity contribution >= 4 is 45.3 Å². The first kappa shape index (κ1) is 32.6. The van der Waals surface area contributed by atoms with Crippen LogP contribution in [0.5, 0.6) is 5.75 Å². The highest BCUT2D eigenvalue weighted by Gasteiger charge is 2.40. The zero-order chi connectivity index (χ0) is 30.3. The predicted octanol–water partition coefficient (Wildman–Crippen LogP) is 2.50. The minimum Gasteiger partial charge on any atom is -0.508 e. The van der Waals surface area contributed by atoms with Gasteiger partial charge in [0.2, 0.25) is 17.7 Å². The molecule has 0 spiro atoms. The quantitative estimate of drug-likeness (QED) is 0.256. The Labute approximate surface area is 248 Å². The summed E-state index contributed by atoms with van der Waals surface area (Å²) in [4.78, 5) is 52.2. The van der Waals surface area contributed by atoms with Crippen LogP contribution in [0.25, 0.3) is 0 Å². The minimum absolute atomic E-state index is 0.0246. The number of phenols is 1. The highest BCUT2D eigenvalue weighted by atomic mass is 33.1. The zero-order valence-corrected chi connectivity index (χ0v) is 25.4. The smallest absolute Gasteiger partial charge is 0.327 e. The standard InChI is InChI=1S/C29H40N4O6S2/c1-16-12-19(34)13-17(2)20(16)15-21(30)25(35)31-22-10-11-40-41-29(3,4)24(28(38)39)33-27(37)23(32-26(22)36)14-18-8-6-5-7-9-18/h5-8,12-13,18,21-24,34H,9-11,14-15,30H2,1-4H3,(H,31,35)(H,32,36)(H,33,37)(H,38,39)/t18?,21-,22-,23-,24-/m0/s1. The first-order valence-corrected chi connectivity index (χ1v) is 15.9. The number of amides is 3. The molecule has 0 bridgehead atoms. The van der Waals surface area contributed by atoms with E-state index < -0.39 is 52.6 Å². The van der Waals surface area contributed by atoms with Crippen LogP contribution in [-0.2, 0) is 25.6 Å². The molecule has 1 aliphatic heterocycles. The van der Waals surface area contributed by atoms with Gasteiger partial charge in [0.1, 0.15) is 23.9 Å². The number of carboxylic acids is 1. The van der Waals surface area contributed by atoms with Crippen LogP contribution in [0.3, 0.4) is 0 Å². The molecule has 2 aliphatic rings. The van der Waals surface area contributed by atoms with E-state index in [-0.39, 0.29) is 30.9 Å². The molecule has 3 rings (SSSR count). The molecule has 1 fully saturated rings. The average molecular weight is 605 g/mol. The molecule has 3 amide bonds. The molecule has 1 heterocycles. The SMILES string of the molecule is Cc1cc(O)cc(C)c1C[C@H](N)C(=O)N[C@H]1CCSSC(C)(C)[C@H](C(=O)O)NC(=O)[C@H](CC2C=CC=CC2)NC1=O. The Bertz CT molecular complexity index is 1190. The highest BCUT2D eigenvalue weighted by molar-refractivity contribution is 8.77. The largest absolute Gasteiger partial charge is 0.508 e. The molecule has 224 valence electrons. The van der Waals surface area contributed by atoms with Crippen LogP contribution in [0.1, 0.15) is 49.8 Å². The third kappa shape index (κ3) is 9.01. The number of nitrogens with two attached hydrogens (primary N) is 1. The van der Waals surface area contributed by atoms with Crippen LogP contribution < -0.4 is 21.7 Å². The van der Waals surface area contributed by atoms with E-state index in [1.54, 1.807) is 26.0 Å². The van der Waals surface area contributed by atoms with Crippen LogP contribution >= 0.6 is 21.6 Å². The van der Waals surface area contributed by atoms with Gasteiger partial charge >= 0.3 is 5.97 Å². The molecule has 0 saturated carbocycles. The van der Waals surface area contributed by atoms with Crippen molar-refractivity contribution in [2.75, 3.05) is 5.75 Å². The van der Waals surface area contributed by atoms with Gasteiger partial charge < -0.3 is 31.9 Å². The van der Waals surface area contributed by atoms with Crippen molar-refractivity contribution in [2.45, 2.75) is 82.3 Å². The molecule has 0 aromatic heterocycles. The number of hydrogen-bond acceptors (Lipinski definition) is 8. The minimum atomic E-state index is -1.17. The second-order valence-corrected chi connectivity index (χ2v) is 14.2. The number of aliphatic carboxylic acids is 1. The second kappa shape index (κ2) is 14.3. The van der Waals surface area contributed by atoms with E-state index >= 15 is 0 Å². The third-order valence-electron chi connectivity index (χ3n) is 7.31. The number of rotatable bonds is 7. The molecular weight excluding hydrogens is 564 g/mol. The maximum absolute atomic E-state index is 13.5. The summed E-state index contributed by atoms with van der Waals surface area (Å²) in [6, 6.07) is -0.843. The molecule has 1 saturated heterocycles. The van der Waals surface area contributed by atoms with Gasteiger partial charge in [0.25, 0.3) is 0 Å². The Hall–Kier alpha value is -2.96. The van der Waals surface area contributed by atoms with Gasteiger partial charge in [-0.15, -0.1) is 0 Å². The molecule has 0 radical (unpaired) electrons. The van der Waals surface area contributed by atoms with Crippen molar-refractivity contribution in [1.29, 1.82) is 0 Å². The molecular formula is C29H40N4O6S2. The van der Waals surface area contributed by atoms with Gasteiger partial charge in [-0.1, -0.05) is 45.9 Å². The van der Waals surface area contributed by atoms with E-state index in [0.29, 0.717) is 12.2 Å². The Morgan fingerprint density at radius 2 is 1.83 bits per heavy atom. The molecule has 10 nitrogen and oxygen atoms in total. The fraction of sp³-hybridized carbons (Fsp3) is 0.517.